The molecular weight excluding hydrogens is 246 g/mol. The predicted octanol–water partition coefficient (Wildman–Crippen LogP) is 2.17. The Morgan fingerprint density at radius 1 is 1.32 bits per heavy atom. The Hall–Kier alpha value is -1.75. The molecule has 0 saturated carbocycles. The van der Waals surface area contributed by atoms with Crippen molar-refractivity contribution in [2.75, 3.05) is 27.8 Å². The van der Waals surface area contributed by atoms with E-state index in [1.165, 1.54) is 0 Å². The van der Waals surface area contributed by atoms with E-state index in [4.69, 9.17) is 14.6 Å². The number of aliphatic carboxylic acids is 1. The average Bonchev–Trinajstić information content (AvgIpc) is 2.42. The molecule has 19 heavy (non-hydrogen) atoms. The van der Waals surface area contributed by atoms with Gasteiger partial charge in [0.05, 0.1) is 20.6 Å². The number of hydrogen-bond donors (Lipinski definition) is 1. The average molecular weight is 267 g/mol. The van der Waals surface area contributed by atoms with Gasteiger partial charge in [-0.25, -0.2) is 0 Å². The Labute approximate surface area is 113 Å². The van der Waals surface area contributed by atoms with Crippen LogP contribution in [0.1, 0.15) is 24.9 Å². The summed E-state index contributed by atoms with van der Waals surface area (Å²) in [5.41, 5.74) is 1.06. The molecule has 0 bridgehead atoms. The number of benzene rings is 1. The first kappa shape index (κ1) is 15.3. The standard InChI is InChI=1S/C14H21NO4/c1-10(15(2)8-7-14(16)17)11-5-6-12(18-3)13(9-11)19-4/h5-6,9-10H,7-8H2,1-4H3,(H,16,17). The van der Waals surface area contributed by atoms with Gasteiger partial charge in [-0.1, -0.05) is 6.07 Å². The quantitative estimate of drug-likeness (QED) is 0.820. The summed E-state index contributed by atoms with van der Waals surface area (Å²) in [7, 11) is 5.10. The number of methoxy groups -OCH3 is 2. The Morgan fingerprint density at radius 2 is 1.95 bits per heavy atom. The van der Waals surface area contributed by atoms with Gasteiger partial charge < -0.3 is 14.6 Å². The summed E-state index contributed by atoms with van der Waals surface area (Å²) in [4.78, 5) is 12.6. The molecule has 0 aliphatic rings. The van der Waals surface area contributed by atoms with Crippen molar-refractivity contribution in [3.63, 3.8) is 0 Å². The number of carboxylic acids is 1. The fraction of sp³-hybridized carbons (Fsp3) is 0.500. The highest BCUT2D eigenvalue weighted by Gasteiger charge is 2.15. The normalized spacial score (nSPS) is 12.3. The van der Waals surface area contributed by atoms with Gasteiger partial charge >= 0.3 is 5.97 Å². The van der Waals surface area contributed by atoms with Crippen molar-refractivity contribution in [3.8, 4) is 11.5 Å². The van der Waals surface area contributed by atoms with Crippen molar-refractivity contribution in [1.82, 2.24) is 4.90 Å². The number of rotatable bonds is 7. The topological polar surface area (TPSA) is 59.0 Å². The van der Waals surface area contributed by atoms with Crippen molar-refractivity contribution in [1.29, 1.82) is 0 Å². The largest absolute Gasteiger partial charge is 0.493 e. The third-order valence-corrected chi connectivity index (χ3v) is 3.23. The summed E-state index contributed by atoms with van der Waals surface area (Å²) in [6.07, 6.45) is 0.133. The molecule has 0 saturated heterocycles. The molecule has 0 heterocycles. The first-order valence-corrected chi connectivity index (χ1v) is 6.13. The molecule has 1 aromatic rings. The summed E-state index contributed by atoms with van der Waals surface area (Å²) in [6, 6.07) is 5.85. The summed E-state index contributed by atoms with van der Waals surface area (Å²) >= 11 is 0. The Balaban J connectivity index is 2.81. The van der Waals surface area contributed by atoms with Crippen LogP contribution in [-0.2, 0) is 4.79 Å². The van der Waals surface area contributed by atoms with Crippen LogP contribution in [0.3, 0.4) is 0 Å². The minimum absolute atomic E-state index is 0.110. The zero-order chi connectivity index (χ0) is 14.4. The van der Waals surface area contributed by atoms with Gasteiger partial charge in [-0.15, -0.1) is 0 Å². The number of carboxylic acid groups (broad SMARTS) is 1. The molecule has 0 aromatic heterocycles. The summed E-state index contributed by atoms with van der Waals surface area (Å²) in [5.74, 6) is 0.580. The summed E-state index contributed by atoms with van der Waals surface area (Å²) < 4.78 is 10.5. The van der Waals surface area contributed by atoms with Crippen LogP contribution in [0.15, 0.2) is 18.2 Å². The minimum atomic E-state index is -0.786. The van der Waals surface area contributed by atoms with Gasteiger partial charge in [0.15, 0.2) is 11.5 Å². The fourth-order valence-electron chi connectivity index (χ4n) is 1.83. The van der Waals surface area contributed by atoms with E-state index in [2.05, 4.69) is 0 Å². The molecule has 0 fully saturated rings. The van der Waals surface area contributed by atoms with Gasteiger partial charge in [0.25, 0.3) is 0 Å². The fourth-order valence-corrected chi connectivity index (χ4v) is 1.83. The Morgan fingerprint density at radius 3 is 2.47 bits per heavy atom. The van der Waals surface area contributed by atoms with E-state index in [1.54, 1.807) is 14.2 Å². The molecule has 0 spiro atoms. The van der Waals surface area contributed by atoms with Gasteiger partial charge in [-0.2, -0.15) is 0 Å². The van der Waals surface area contributed by atoms with E-state index in [0.29, 0.717) is 18.0 Å². The lowest BCUT2D eigenvalue weighted by atomic mass is 10.1. The lowest BCUT2D eigenvalue weighted by Crippen LogP contribution is -2.25. The van der Waals surface area contributed by atoms with Crippen LogP contribution in [0.4, 0.5) is 0 Å². The van der Waals surface area contributed by atoms with E-state index in [-0.39, 0.29) is 12.5 Å². The van der Waals surface area contributed by atoms with Crippen LogP contribution >= 0.6 is 0 Å². The summed E-state index contributed by atoms with van der Waals surface area (Å²) in [6.45, 7) is 2.54. The van der Waals surface area contributed by atoms with Crippen molar-refractivity contribution >= 4 is 5.97 Å². The van der Waals surface area contributed by atoms with E-state index >= 15 is 0 Å². The van der Waals surface area contributed by atoms with E-state index in [1.807, 2.05) is 37.1 Å². The number of hydrogen-bond acceptors (Lipinski definition) is 4. The van der Waals surface area contributed by atoms with Crippen LogP contribution in [0.25, 0.3) is 0 Å². The van der Waals surface area contributed by atoms with Gasteiger partial charge in [-0.05, 0) is 31.7 Å². The number of ether oxygens (including phenoxy) is 2. The second-order valence-corrected chi connectivity index (χ2v) is 4.41. The van der Waals surface area contributed by atoms with Gasteiger partial charge in [0.2, 0.25) is 0 Å². The highest BCUT2D eigenvalue weighted by molar-refractivity contribution is 5.66. The zero-order valence-electron chi connectivity index (χ0n) is 11.8. The molecule has 0 aliphatic heterocycles. The molecule has 0 amide bonds. The van der Waals surface area contributed by atoms with Crippen molar-refractivity contribution in [3.05, 3.63) is 23.8 Å². The molecule has 1 atom stereocenters. The first-order chi connectivity index (χ1) is 8.99. The highest BCUT2D eigenvalue weighted by atomic mass is 16.5. The predicted molar refractivity (Wildman–Crippen MR) is 72.8 cm³/mol. The molecule has 1 aromatic carbocycles. The second-order valence-electron chi connectivity index (χ2n) is 4.41. The van der Waals surface area contributed by atoms with Gasteiger partial charge in [0, 0.05) is 12.6 Å². The molecule has 106 valence electrons. The minimum Gasteiger partial charge on any atom is -0.493 e. The smallest absolute Gasteiger partial charge is 0.304 e. The Kier molecular flexibility index (Phi) is 5.63. The first-order valence-electron chi connectivity index (χ1n) is 6.13. The maximum Gasteiger partial charge on any atom is 0.304 e. The van der Waals surface area contributed by atoms with Crippen LogP contribution < -0.4 is 9.47 Å². The van der Waals surface area contributed by atoms with Crippen LogP contribution in [0.5, 0.6) is 11.5 Å². The van der Waals surface area contributed by atoms with E-state index in [9.17, 15) is 4.79 Å². The third kappa shape index (κ3) is 4.13. The summed E-state index contributed by atoms with van der Waals surface area (Å²) in [5, 5.41) is 8.70. The van der Waals surface area contributed by atoms with Crippen LogP contribution in [-0.4, -0.2) is 43.8 Å². The zero-order valence-corrected chi connectivity index (χ0v) is 11.8. The van der Waals surface area contributed by atoms with E-state index < -0.39 is 5.97 Å². The van der Waals surface area contributed by atoms with E-state index in [0.717, 1.165) is 5.56 Å². The maximum atomic E-state index is 10.6. The van der Waals surface area contributed by atoms with Gasteiger partial charge in [-0.3, -0.25) is 9.69 Å². The molecule has 0 radical (unpaired) electrons. The van der Waals surface area contributed by atoms with Crippen molar-refractivity contribution in [2.45, 2.75) is 19.4 Å². The Bertz CT molecular complexity index is 433. The molecule has 0 aliphatic carbocycles. The number of carbonyl (C=O) groups is 1. The molecule has 1 unspecified atom stereocenters. The molecule has 5 heteroatoms. The molecular formula is C14H21NO4. The SMILES string of the molecule is COc1ccc(C(C)N(C)CCC(=O)O)cc1OC. The highest BCUT2D eigenvalue weighted by Crippen LogP contribution is 2.31. The lowest BCUT2D eigenvalue weighted by Gasteiger charge is -2.25. The van der Waals surface area contributed by atoms with Crippen molar-refractivity contribution in [2.24, 2.45) is 0 Å². The molecule has 1 N–H and O–H groups in total. The van der Waals surface area contributed by atoms with Gasteiger partial charge in [0.1, 0.15) is 0 Å². The van der Waals surface area contributed by atoms with Crippen molar-refractivity contribution < 1.29 is 19.4 Å². The molecule has 5 nitrogen and oxygen atoms in total. The third-order valence-electron chi connectivity index (χ3n) is 3.23. The maximum absolute atomic E-state index is 10.6. The second kappa shape index (κ2) is 6.99. The monoisotopic (exact) mass is 267 g/mol. The number of nitrogens with zero attached hydrogens (tertiary/aromatic N) is 1. The lowest BCUT2D eigenvalue weighted by molar-refractivity contribution is -0.137. The van der Waals surface area contributed by atoms with Crippen LogP contribution in [0, 0.1) is 0 Å². The van der Waals surface area contributed by atoms with Crippen LogP contribution in [0.2, 0.25) is 0 Å². The molecule has 1 rings (SSSR count).